The molecule has 1 aliphatic heterocycles. The standard InChI is InChI=1S/C22H30N6/c1-18-17-20(23-12-10-19-7-3-2-4-8-19)26-22(25-18)28-15-13-27(14-16-28)21-9-5-6-11-24-21/h5-7,9,11,17H,2-4,8,10,12-16H2,1H3,(H,23,25,26). The van der Waals surface area contributed by atoms with Crippen LogP contribution < -0.4 is 15.1 Å². The van der Waals surface area contributed by atoms with Gasteiger partial charge < -0.3 is 15.1 Å². The van der Waals surface area contributed by atoms with E-state index in [2.05, 4.69) is 37.2 Å². The second-order valence-electron chi connectivity index (χ2n) is 7.64. The molecule has 0 bridgehead atoms. The molecule has 1 saturated heterocycles. The van der Waals surface area contributed by atoms with E-state index in [1.54, 1.807) is 5.57 Å². The highest BCUT2D eigenvalue weighted by molar-refractivity contribution is 5.46. The molecule has 0 saturated carbocycles. The summed E-state index contributed by atoms with van der Waals surface area (Å²) in [4.78, 5) is 18.5. The highest BCUT2D eigenvalue weighted by Gasteiger charge is 2.20. The quantitative estimate of drug-likeness (QED) is 0.772. The molecule has 0 aromatic carbocycles. The van der Waals surface area contributed by atoms with Crippen LogP contribution in [0.3, 0.4) is 0 Å². The number of allylic oxidation sites excluding steroid dienone is 1. The Labute approximate surface area is 167 Å². The van der Waals surface area contributed by atoms with Crippen molar-refractivity contribution in [2.24, 2.45) is 0 Å². The van der Waals surface area contributed by atoms with E-state index in [1.807, 2.05) is 31.3 Å². The van der Waals surface area contributed by atoms with Crippen molar-refractivity contribution in [2.45, 2.75) is 39.0 Å². The second kappa shape index (κ2) is 9.04. The minimum atomic E-state index is 0.833. The first-order valence-corrected chi connectivity index (χ1v) is 10.5. The van der Waals surface area contributed by atoms with Crippen LogP contribution in [0.25, 0.3) is 0 Å². The number of rotatable bonds is 6. The molecule has 3 heterocycles. The molecule has 1 fully saturated rings. The van der Waals surface area contributed by atoms with E-state index in [-0.39, 0.29) is 0 Å². The lowest BCUT2D eigenvalue weighted by molar-refractivity contribution is 0.634. The Balaban J connectivity index is 1.34. The van der Waals surface area contributed by atoms with E-state index in [9.17, 15) is 0 Å². The maximum atomic E-state index is 4.79. The molecule has 0 amide bonds. The van der Waals surface area contributed by atoms with Gasteiger partial charge in [-0.05, 0) is 51.2 Å². The molecule has 0 radical (unpaired) electrons. The van der Waals surface area contributed by atoms with E-state index >= 15 is 0 Å². The smallest absolute Gasteiger partial charge is 0.227 e. The van der Waals surface area contributed by atoms with Crippen molar-refractivity contribution in [1.29, 1.82) is 0 Å². The lowest BCUT2D eigenvalue weighted by atomic mass is 9.97. The van der Waals surface area contributed by atoms with E-state index in [0.29, 0.717) is 0 Å². The molecular formula is C22H30N6. The molecule has 148 valence electrons. The largest absolute Gasteiger partial charge is 0.370 e. The topological polar surface area (TPSA) is 57.2 Å². The number of aryl methyl sites for hydroxylation is 1. The van der Waals surface area contributed by atoms with Crippen molar-refractivity contribution in [1.82, 2.24) is 15.0 Å². The van der Waals surface area contributed by atoms with Crippen molar-refractivity contribution < 1.29 is 0 Å². The van der Waals surface area contributed by atoms with Gasteiger partial charge in [-0.2, -0.15) is 4.98 Å². The van der Waals surface area contributed by atoms with Gasteiger partial charge >= 0.3 is 0 Å². The first-order chi connectivity index (χ1) is 13.8. The van der Waals surface area contributed by atoms with Gasteiger partial charge in [-0.15, -0.1) is 0 Å². The molecule has 2 aromatic rings. The summed E-state index contributed by atoms with van der Waals surface area (Å²) in [5, 5.41) is 3.51. The van der Waals surface area contributed by atoms with E-state index in [1.165, 1.54) is 25.7 Å². The molecule has 6 heteroatoms. The van der Waals surface area contributed by atoms with Crippen LogP contribution in [0.1, 0.15) is 37.8 Å². The Hall–Kier alpha value is -2.63. The van der Waals surface area contributed by atoms with Gasteiger partial charge in [0.2, 0.25) is 5.95 Å². The lowest BCUT2D eigenvalue weighted by Gasteiger charge is -2.35. The average molecular weight is 379 g/mol. The number of nitrogens with one attached hydrogen (secondary N) is 1. The number of piperazine rings is 1. The molecular weight excluding hydrogens is 348 g/mol. The number of aromatic nitrogens is 3. The molecule has 28 heavy (non-hydrogen) atoms. The van der Waals surface area contributed by atoms with Gasteiger partial charge in [0.1, 0.15) is 11.6 Å². The molecule has 2 aliphatic rings. The van der Waals surface area contributed by atoms with Crippen LogP contribution in [0.5, 0.6) is 0 Å². The molecule has 0 atom stereocenters. The summed E-state index contributed by atoms with van der Waals surface area (Å²) in [5.41, 5.74) is 2.60. The highest BCUT2D eigenvalue weighted by atomic mass is 15.3. The zero-order valence-electron chi connectivity index (χ0n) is 16.8. The third kappa shape index (κ3) is 4.80. The number of nitrogens with zero attached hydrogens (tertiary/aromatic N) is 5. The fourth-order valence-corrected chi connectivity index (χ4v) is 3.94. The predicted octanol–water partition coefficient (Wildman–Crippen LogP) is 3.81. The van der Waals surface area contributed by atoms with Crippen molar-refractivity contribution in [3.05, 3.63) is 47.8 Å². The summed E-state index contributed by atoms with van der Waals surface area (Å²) in [5.74, 6) is 2.82. The number of hydrogen-bond donors (Lipinski definition) is 1. The fraction of sp³-hybridized carbons (Fsp3) is 0.500. The van der Waals surface area contributed by atoms with Crippen LogP contribution >= 0.6 is 0 Å². The van der Waals surface area contributed by atoms with Crippen LogP contribution in [0, 0.1) is 6.92 Å². The van der Waals surface area contributed by atoms with Gasteiger partial charge in [-0.1, -0.05) is 17.7 Å². The second-order valence-corrected chi connectivity index (χ2v) is 7.64. The van der Waals surface area contributed by atoms with Crippen molar-refractivity contribution in [3.8, 4) is 0 Å². The highest BCUT2D eigenvalue weighted by Crippen LogP contribution is 2.21. The third-order valence-corrected chi connectivity index (χ3v) is 5.52. The molecule has 0 spiro atoms. The van der Waals surface area contributed by atoms with Gasteiger partial charge in [0.15, 0.2) is 0 Å². The van der Waals surface area contributed by atoms with E-state index < -0.39 is 0 Å². The van der Waals surface area contributed by atoms with E-state index in [4.69, 9.17) is 4.98 Å². The third-order valence-electron chi connectivity index (χ3n) is 5.52. The number of pyridine rings is 1. The maximum absolute atomic E-state index is 4.79. The Kier molecular flexibility index (Phi) is 6.04. The number of hydrogen-bond acceptors (Lipinski definition) is 6. The fourth-order valence-electron chi connectivity index (χ4n) is 3.94. The molecule has 4 rings (SSSR count). The van der Waals surface area contributed by atoms with Gasteiger partial charge in [-0.25, -0.2) is 9.97 Å². The Morgan fingerprint density at radius 2 is 1.89 bits per heavy atom. The Bertz CT molecular complexity index is 796. The minimum absolute atomic E-state index is 0.833. The molecule has 1 aliphatic carbocycles. The zero-order chi connectivity index (χ0) is 19.2. The molecule has 0 unspecified atom stereocenters. The van der Waals surface area contributed by atoms with Crippen molar-refractivity contribution in [2.75, 3.05) is 47.8 Å². The van der Waals surface area contributed by atoms with Crippen LogP contribution in [0.4, 0.5) is 17.6 Å². The predicted molar refractivity (Wildman–Crippen MR) is 115 cm³/mol. The summed E-state index contributed by atoms with van der Waals surface area (Å²) in [7, 11) is 0. The average Bonchev–Trinajstić information content (AvgIpc) is 2.75. The summed E-state index contributed by atoms with van der Waals surface area (Å²) in [6.07, 6.45) is 10.6. The Morgan fingerprint density at radius 1 is 1.04 bits per heavy atom. The van der Waals surface area contributed by atoms with Crippen LogP contribution in [-0.2, 0) is 0 Å². The zero-order valence-corrected chi connectivity index (χ0v) is 16.8. The minimum Gasteiger partial charge on any atom is -0.370 e. The van der Waals surface area contributed by atoms with Gasteiger partial charge in [0.25, 0.3) is 0 Å². The van der Waals surface area contributed by atoms with Crippen molar-refractivity contribution in [3.63, 3.8) is 0 Å². The summed E-state index contributed by atoms with van der Waals surface area (Å²) in [6, 6.07) is 8.12. The lowest BCUT2D eigenvalue weighted by Crippen LogP contribution is -2.47. The first kappa shape index (κ1) is 18.7. The van der Waals surface area contributed by atoms with E-state index in [0.717, 1.165) is 62.4 Å². The van der Waals surface area contributed by atoms with Crippen LogP contribution in [0.2, 0.25) is 0 Å². The maximum Gasteiger partial charge on any atom is 0.227 e. The van der Waals surface area contributed by atoms with Crippen LogP contribution in [-0.4, -0.2) is 47.7 Å². The molecule has 1 N–H and O–H groups in total. The first-order valence-electron chi connectivity index (χ1n) is 10.5. The van der Waals surface area contributed by atoms with Gasteiger partial charge in [-0.3, -0.25) is 0 Å². The summed E-state index contributed by atoms with van der Waals surface area (Å²) >= 11 is 0. The number of anilines is 3. The monoisotopic (exact) mass is 378 g/mol. The molecule has 6 nitrogen and oxygen atoms in total. The van der Waals surface area contributed by atoms with Gasteiger partial charge in [0.05, 0.1) is 0 Å². The Morgan fingerprint density at radius 3 is 2.64 bits per heavy atom. The summed E-state index contributed by atoms with van der Waals surface area (Å²) < 4.78 is 0. The molecule has 2 aromatic heterocycles. The normalized spacial score (nSPS) is 17.4. The van der Waals surface area contributed by atoms with Gasteiger partial charge in [0, 0.05) is 50.7 Å². The van der Waals surface area contributed by atoms with Crippen LogP contribution in [0.15, 0.2) is 42.1 Å². The SMILES string of the molecule is Cc1cc(NCCC2=CCCCC2)nc(N2CCN(c3ccccn3)CC2)n1. The van der Waals surface area contributed by atoms with Crippen molar-refractivity contribution >= 4 is 17.6 Å². The summed E-state index contributed by atoms with van der Waals surface area (Å²) in [6.45, 7) is 6.68.